The molecule has 0 aromatic heterocycles. The SMILES string of the molecule is CN1CCC2(c3cccc(O)c3)CC(N(C)C(=O)c3ccc4ccccc4c3)CCC2(O)C1. The molecule has 172 valence electrons. The summed E-state index contributed by atoms with van der Waals surface area (Å²) in [5.41, 5.74) is 0.261. The first kappa shape index (κ1) is 21.9. The smallest absolute Gasteiger partial charge is 0.253 e. The van der Waals surface area contributed by atoms with Gasteiger partial charge >= 0.3 is 0 Å². The van der Waals surface area contributed by atoms with Gasteiger partial charge in [-0.1, -0.05) is 42.5 Å². The lowest BCUT2D eigenvalue weighted by molar-refractivity contribution is -0.127. The minimum absolute atomic E-state index is 0.00926. The molecule has 3 atom stereocenters. The standard InChI is InChI=1S/C28H32N2O3/c1-29-15-14-27(23-8-5-9-25(31)17-23)18-24(12-13-28(27,33)19-29)30(2)26(32)22-11-10-20-6-3-4-7-21(20)16-22/h3-11,16-17,24,31,33H,12-15,18-19H2,1-2H3. The molecule has 5 rings (SSSR count). The number of benzene rings is 3. The molecule has 33 heavy (non-hydrogen) atoms. The van der Waals surface area contributed by atoms with E-state index in [4.69, 9.17) is 0 Å². The van der Waals surface area contributed by atoms with Crippen molar-refractivity contribution in [2.75, 3.05) is 27.2 Å². The molecular formula is C28H32N2O3. The van der Waals surface area contributed by atoms with E-state index in [1.165, 1.54) is 0 Å². The molecule has 3 unspecified atom stereocenters. The Morgan fingerprint density at radius 1 is 1.03 bits per heavy atom. The molecule has 2 aliphatic rings. The number of β-amino-alcohol motifs (C(OH)–C–C–N with tert-alkyl or cyclic N) is 1. The van der Waals surface area contributed by atoms with E-state index in [1.807, 2.05) is 67.5 Å². The Labute approximate surface area is 195 Å². The minimum atomic E-state index is -0.892. The molecule has 3 aromatic carbocycles. The predicted octanol–water partition coefficient (Wildman–Crippen LogP) is 4.17. The Morgan fingerprint density at radius 2 is 1.82 bits per heavy atom. The van der Waals surface area contributed by atoms with Crippen molar-refractivity contribution in [2.24, 2.45) is 0 Å². The van der Waals surface area contributed by atoms with Gasteiger partial charge in [0.05, 0.1) is 5.60 Å². The average molecular weight is 445 g/mol. The van der Waals surface area contributed by atoms with E-state index in [9.17, 15) is 15.0 Å². The number of likely N-dealkylation sites (N-methyl/N-ethyl adjacent to an activating group) is 1. The maximum absolute atomic E-state index is 13.5. The molecule has 5 heteroatoms. The van der Waals surface area contributed by atoms with Gasteiger partial charge in [-0.3, -0.25) is 4.79 Å². The number of likely N-dealkylation sites (tertiary alicyclic amines) is 1. The fourth-order valence-electron chi connectivity index (χ4n) is 6.17. The Hall–Kier alpha value is -2.89. The summed E-state index contributed by atoms with van der Waals surface area (Å²) in [6, 6.07) is 21.3. The van der Waals surface area contributed by atoms with Crippen molar-refractivity contribution in [1.29, 1.82) is 0 Å². The van der Waals surface area contributed by atoms with Crippen molar-refractivity contribution >= 4 is 16.7 Å². The molecule has 0 bridgehead atoms. The van der Waals surface area contributed by atoms with Crippen LogP contribution >= 0.6 is 0 Å². The fraction of sp³-hybridized carbons (Fsp3) is 0.393. The highest BCUT2D eigenvalue weighted by Crippen LogP contribution is 2.52. The van der Waals surface area contributed by atoms with Crippen LogP contribution in [-0.2, 0) is 5.41 Å². The topological polar surface area (TPSA) is 64.0 Å². The third kappa shape index (κ3) is 3.69. The first-order valence-corrected chi connectivity index (χ1v) is 11.8. The summed E-state index contributed by atoms with van der Waals surface area (Å²) in [6.07, 6.45) is 2.84. The van der Waals surface area contributed by atoms with Gasteiger partial charge in [-0.2, -0.15) is 0 Å². The Balaban J connectivity index is 1.47. The molecule has 1 saturated heterocycles. The Kier molecular flexibility index (Phi) is 5.42. The van der Waals surface area contributed by atoms with Crippen LogP contribution in [0.5, 0.6) is 5.75 Å². The van der Waals surface area contributed by atoms with Gasteiger partial charge in [0.15, 0.2) is 0 Å². The summed E-state index contributed by atoms with van der Waals surface area (Å²) in [5, 5.41) is 24.3. The summed E-state index contributed by atoms with van der Waals surface area (Å²) in [7, 11) is 3.93. The van der Waals surface area contributed by atoms with Crippen molar-refractivity contribution in [2.45, 2.75) is 42.7 Å². The summed E-state index contributed by atoms with van der Waals surface area (Å²) in [5.74, 6) is 0.223. The molecule has 5 nitrogen and oxygen atoms in total. The molecular weight excluding hydrogens is 412 g/mol. The minimum Gasteiger partial charge on any atom is -0.508 e. The molecule has 1 aliphatic carbocycles. The highest BCUT2D eigenvalue weighted by atomic mass is 16.3. The Bertz CT molecular complexity index is 1190. The third-order valence-corrected chi connectivity index (χ3v) is 8.08. The van der Waals surface area contributed by atoms with Gasteiger partial charge in [0.2, 0.25) is 0 Å². The lowest BCUT2D eigenvalue weighted by atomic mass is 9.55. The van der Waals surface area contributed by atoms with Gasteiger partial charge in [-0.25, -0.2) is 0 Å². The lowest BCUT2D eigenvalue weighted by Gasteiger charge is -2.58. The van der Waals surface area contributed by atoms with Crippen LogP contribution in [0.25, 0.3) is 10.8 Å². The van der Waals surface area contributed by atoms with E-state index in [0.29, 0.717) is 24.9 Å². The van der Waals surface area contributed by atoms with Crippen molar-refractivity contribution < 1.29 is 15.0 Å². The van der Waals surface area contributed by atoms with Crippen LogP contribution in [0.3, 0.4) is 0 Å². The number of piperidine rings is 1. The quantitative estimate of drug-likeness (QED) is 0.636. The lowest BCUT2D eigenvalue weighted by Crippen LogP contribution is -2.66. The molecule has 0 spiro atoms. The van der Waals surface area contributed by atoms with Crippen LogP contribution in [0.4, 0.5) is 0 Å². The van der Waals surface area contributed by atoms with Crippen molar-refractivity contribution in [3.63, 3.8) is 0 Å². The van der Waals surface area contributed by atoms with Crippen molar-refractivity contribution in [1.82, 2.24) is 9.80 Å². The number of aliphatic hydroxyl groups is 1. The van der Waals surface area contributed by atoms with E-state index in [1.54, 1.807) is 12.1 Å². The number of hydrogen-bond donors (Lipinski definition) is 2. The molecule has 1 aliphatic heterocycles. The number of aromatic hydroxyl groups is 1. The van der Waals surface area contributed by atoms with Crippen LogP contribution in [0.2, 0.25) is 0 Å². The normalized spacial score (nSPS) is 27.8. The highest BCUT2D eigenvalue weighted by Gasteiger charge is 2.57. The number of carbonyl (C=O) groups excluding carboxylic acids is 1. The molecule has 2 fully saturated rings. The molecule has 2 N–H and O–H groups in total. The number of carbonyl (C=O) groups is 1. The molecule has 0 radical (unpaired) electrons. The molecule has 3 aromatic rings. The third-order valence-electron chi connectivity index (χ3n) is 8.08. The second kappa shape index (κ2) is 8.15. The molecule has 1 amide bonds. The van der Waals surface area contributed by atoms with Gasteiger partial charge in [-0.05, 0) is 79.9 Å². The second-order valence-corrected chi connectivity index (χ2v) is 10.0. The zero-order chi connectivity index (χ0) is 23.2. The summed E-state index contributed by atoms with van der Waals surface area (Å²) < 4.78 is 0. The number of amides is 1. The summed E-state index contributed by atoms with van der Waals surface area (Å²) >= 11 is 0. The predicted molar refractivity (Wildman–Crippen MR) is 131 cm³/mol. The highest BCUT2D eigenvalue weighted by molar-refractivity contribution is 5.98. The fourth-order valence-corrected chi connectivity index (χ4v) is 6.17. The van der Waals surface area contributed by atoms with Gasteiger partial charge in [0, 0.05) is 30.6 Å². The van der Waals surface area contributed by atoms with Crippen molar-refractivity contribution in [3.8, 4) is 5.75 Å². The first-order chi connectivity index (χ1) is 15.8. The zero-order valence-electron chi connectivity index (χ0n) is 19.4. The van der Waals surface area contributed by atoms with E-state index < -0.39 is 11.0 Å². The second-order valence-electron chi connectivity index (χ2n) is 10.0. The zero-order valence-corrected chi connectivity index (χ0v) is 19.4. The van der Waals surface area contributed by atoms with E-state index in [2.05, 4.69) is 11.0 Å². The summed E-state index contributed by atoms with van der Waals surface area (Å²) in [6.45, 7) is 1.46. The van der Waals surface area contributed by atoms with E-state index in [-0.39, 0.29) is 17.7 Å². The number of phenolic OH excluding ortho intramolecular Hbond substituents is 1. The molecule has 1 heterocycles. The van der Waals surface area contributed by atoms with Crippen molar-refractivity contribution in [3.05, 3.63) is 77.9 Å². The Morgan fingerprint density at radius 3 is 2.61 bits per heavy atom. The molecule has 1 saturated carbocycles. The largest absolute Gasteiger partial charge is 0.508 e. The monoisotopic (exact) mass is 444 g/mol. The van der Waals surface area contributed by atoms with Gasteiger partial charge in [0.25, 0.3) is 5.91 Å². The van der Waals surface area contributed by atoms with Crippen LogP contribution in [0, 0.1) is 0 Å². The van der Waals surface area contributed by atoms with E-state index in [0.717, 1.165) is 35.7 Å². The maximum Gasteiger partial charge on any atom is 0.253 e. The van der Waals surface area contributed by atoms with Crippen LogP contribution < -0.4 is 0 Å². The van der Waals surface area contributed by atoms with Crippen LogP contribution in [0.1, 0.15) is 41.6 Å². The average Bonchev–Trinajstić information content (AvgIpc) is 2.82. The van der Waals surface area contributed by atoms with Crippen LogP contribution in [-0.4, -0.2) is 64.7 Å². The number of rotatable bonds is 3. The van der Waals surface area contributed by atoms with E-state index >= 15 is 0 Å². The number of nitrogens with zero attached hydrogens (tertiary/aromatic N) is 2. The number of hydrogen-bond acceptors (Lipinski definition) is 4. The van der Waals surface area contributed by atoms with Crippen LogP contribution in [0.15, 0.2) is 66.7 Å². The van der Waals surface area contributed by atoms with Gasteiger partial charge in [0.1, 0.15) is 5.75 Å². The number of fused-ring (bicyclic) bond motifs is 2. The summed E-state index contributed by atoms with van der Waals surface area (Å²) in [4.78, 5) is 17.5. The first-order valence-electron chi connectivity index (χ1n) is 11.8. The van der Waals surface area contributed by atoms with Gasteiger partial charge < -0.3 is 20.0 Å². The van der Waals surface area contributed by atoms with Gasteiger partial charge in [-0.15, -0.1) is 0 Å². The number of phenols is 1. The maximum atomic E-state index is 13.5.